The summed E-state index contributed by atoms with van der Waals surface area (Å²) in [6.45, 7) is 8.86. The lowest BCUT2D eigenvalue weighted by atomic mass is 9.87. The Labute approximate surface area is 110 Å². The van der Waals surface area contributed by atoms with Crippen LogP contribution in [0.15, 0.2) is 24.3 Å². The lowest BCUT2D eigenvalue weighted by Crippen LogP contribution is -2.26. The molecule has 1 aromatic rings. The highest BCUT2D eigenvalue weighted by Gasteiger charge is 2.41. The van der Waals surface area contributed by atoms with Crippen molar-refractivity contribution in [1.29, 1.82) is 0 Å². The van der Waals surface area contributed by atoms with Gasteiger partial charge in [0.1, 0.15) is 0 Å². The predicted octanol–water partition coefficient (Wildman–Crippen LogP) is 2.85. The SMILES string of the molecule is CC(C)(C)c1ccc(CNCC2(CO)CC2)cc1. The van der Waals surface area contributed by atoms with Crippen LogP contribution in [-0.2, 0) is 12.0 Å². The first-order valence-electron chi connectivity index (χ1n) is 6.86. The number of rotatable bonds is 5. The fourth-order valence-electron chi connectivity index (χ4n) is 2.16. The van der Waals surface area contributed by atoms with Gasteiger partial charge in [-0.3, -0.25) is 0 Å². The van der Waals surface area contributed by atoms with Gasteiger partial charge in [-0.2, -0.15) is 0 Å². The van der Waals surface area contributed by atoms with E-state index in [-0.39, 0.29) is 10.8 Å². The van der Waals surface area contributed by atoms with Crippen LogP contribution in [0.1, 0.15) is 44.7 Å². The number of hydrogen-bond donors (Lipinski definition) is 2. The minimum Gasteiger partial charge on any atom is -0.396 e. The summed E-state index contributed by atoms with van der Waals surface area (Å²) in [5, 5.41) is 12.7. The summed E-state index contributed by atoms with van der Waals surface area (Å²) in [7, 11) is 0. The summed E-state index contributed by atoms with van der Waals surface area (Å²) in [6.07, 6.45) is 2.33. The third-order valence-electron chi connectivity index (χ3n) is 3.94. The van der Waals surface area contributed by atoms with E-state index in [1.165, 1.54) is 24.0 Å². The van der Waals surface area contributed by atoms with Crippen molar-refractivity contribution >= 4 is 0 Å². The molecule has 0 bridgehead atoms. The zero-order chi connectivity index (χ0) is 13.2. The molecule has 0 aliphatic heterocycles. The van der Waals surface area contributed by atoms with Gasteiger partial charge in [-0.15, -0.1) is 0 Å². The van der Waals surface area contributed by atoms with Gasteiger partial charge in [-0.05, 0) is 29.4 Å². The third kappa shape index (κ3) is 3.33. The zero-order valence-electron chi connectivity index (χ0n) is 11.8. The van der Waals surface area contributed by atoms with Crippen molar-refractivity contribution in [2.75, 3.05) is 13.2 Å². The van der Waals surface area contributed by atoms with Crippen LogP contribution in [0.5, 0.6) is 0 Å². The summed E-state index contributed by atoms with van der Waals surface area (Å²) < 4.78 is 0. The summed E-state index contributed by atoms with van der Waals surface area (Å²) in [4.78, 5) is 0. The molecular weight excluding hydrogens is 222 g/mol. The van der Waals surface area contributed by atoms with Crippen LogP contribution in [0.2, 0.25) is 0 Å². The number of benzene rings is 1. The highest BCUT2D eigenvalue weighted by molar-refractivity contribution is 5.27. The predicted molar refractivity (Wildman–Crippen MR) is 75.6 cm³/mol. The Kier molecular flexibility index (Phi) is 3.79. The second kappa shape index (κ2) is 5.02. The van der Waals surface area contributed by atoms with Gasteiger partial charge in [0.2, 0.25) is 0 Å². The van der Waals surface area contributed by atoms with Crippen molar-refractivity contribution in [2.45, 2.75) is 45.6 Å². The van der Waals surface area contributed by atoms with Crippen molar-refractivity contribution in [2.24, 2.45) is 5.41 Å². The molecule has 2 heteroatoms. The van der Waals surface area contributed by atoms with Crippen LogP contribution in [0.3, 0.4) is 0 Å². The molecule has 2 rings (SSSR count). The molecule has 0 saturated heterocycles. The first kappa shape index (κ1) is 13.6. The molecule has 18 heavy (non-hydrogen) atoms. The van der Waals surface area contributed by atoms with Gasteiger partial charge in [-0.25, -0.2) is 0 Å². The Bertz CT molecular complexity index is 385. The smallest absolute Gasteiger partial charge is 0.0499 e. The molecule has 0 spiro atoms. The molecule has 2 N–H and O–H groups in total. The van der Waals surface area contributed by atoms with Crippen molar-refractivity contribution in [3.63, 3.8) is 0 Å². The summed E-state index contributed by atoms with van der Waals surface area (Å²) in [5.41, 5.74) is 3.11. The normalized spacial score (nSPS) is 17.8. The van der Waals surface area contributed by atoms with Crippen LogP contribution in [0.4, 0.5) is 0 Å². The van der Waals surface area contributed by atoms with Gasteiger partial charge in [0.15, 0.2) is 0 Å². The van der Waals surface area contributed by atoms with Crippen LogP contribution in [-0.4, -0.2) is 18.3 Å². The lowest BCUT2D eigenvalue weighted by molar-refractivity contribution is 0.207. The molecule has 0 unspecified atom stereocenters. The Morgan fingerprint density at radius 2 is 1.78 bits per heavy atom. The number of aliphatic hydroxyl groups excluding tert-OH is 1. The summed E-state index contributed by atoms with van der Waals surface area (Å²) in [5.74, 6) is 0. The average molecular weight is 247 g/mol. The van der Waals surface area contributed by atoms with Gasteiger partial charge in [0.05, 0.1) is 0 Å². The van der Waals surface area contributed by atoms with E-state index in [9.17, 15) is 5.11 Å². The fourth-order valence-corrected chi connectivity index (χ4v) is 2.16. The van der Waals surface area contributed by atoms with Crippen molar-refractivity contribution in [3.8, 4) is 0 Å². The number of nitrogens with one attached hydrogen (secondary N) is 1. The largest absolute Gasteiger partial charge is 0.396 e. The second-order valence-corrected chi connectivity index (χ2v) is 6.71. The molecule has 0 aromatic heterocycles. The topological polar surface area (TPSA) is 32.3 Å². The number of aliphatic hydroxyl groups is 1. The maximum Gasteiger partial charge on any atom is 0.0499 e. The molecule has 1 fully saturated rings. The molecule has 0 radical (unpaired) electrons. The Morgan fingerprint density at radius 3 is 2.22 bits per heavy atom. The third-order valence-corrected chi connectivity index (χ3v) is 3.94. The van der Waals surface area contributed by atoms with Crippen LogP contribution >= 0.6 is 0 Å². The molecule has 2 nitrogen and oxygen atoms in total. The Hall–Kier alpha value is -0.860. The van der Waals surface area contributed by atoms with E-state index in [0.717, 1.165) is 13.1 Å². The Balaban J connectivity index is 1.83. The van der Waals surface area contributed by atoms with E-state index in [0.29, 0.717) is 6.61 Å². The van der Waals surface area contributed by atoms with E-state index in [1.807, 2.05) is 0 Å². The molecule has 1 aliphatic rings. The highest BCUT2D eigenvalue weighted by Crippen LogP contribution is 2.44. The lowest BCUT2D eigenvalue weighted by Gasteiger charge is -2.19. The van der Waals surface area contributed by atoms with E-state index in [2.05, 4.69) is 50.4 Å². The molecule has 0 heterocycles. The molecule has 1 aromatic carbocycles. The van der Waals surface area contributed by atoms with E-state index in [4.69, 9.17) is 0 Å². The maximum absolute atomic E-state index is 9.24. The van der Waals surface area contributed by atoms with Gasteiger partial charge >= 0.3 is 0 Å². The number of hydrogen-bond acceptors (Lipinski definition) is 2. The van der Waals surface area contributed by atoms with Crippen LogP contribution < -0.4 is 5.32 Å². The van der Waals surface area contributed by atoms with Gasteiger partial charge in [-0.1, -0.05) is 45.0 Å². The van der Waals surface area contributed by atoms with Crippen molar-refractivity contribution < 1.29 is 5.11 Å². The highest BCUT2D eigenvalue weighted by atomic mass is 16.3. The minimum absolute atomic E-state index is 0.200. The summed E-state index contributed by atoms with van der Waals surface area (Å²) in [6, 6.07) is 8.84. The molecule has 0 amide bonds. The standard InChI is InChI=1S/C16H25NO/c1-15(2,3)14-6-4-13(5-7-14)10-17-11-16(12-18)8-9-16/h4-7,17-18H,8-12H2,1-3H3. The van der Waals surface area contributed by atoms with Crippen molar-refractivity contribution in [1.82, 2.24) is 5.32 Å². The fraction of sp³-hybridized carbons (Fsp3) is 0.625. The van der Waals surface area contributed by atoms with Gasteiger partial charge in [0.25, 0.3) is 0 Å². The molecule has 0 atom stereocenters. The van der Waals surface area contributed by atoms with Gasteiger partial charge in [0, 0.05) is 25.1 Å². The minimum atomic E-state index is 0.200. The molecular formula is C16H25NO. The monoisotopic (exact) mass is 247 g/mol. The van der Waals surface area contributed by atoms with Crippen molar-refractivity contribution in [3.05, 3.63) is 35.4 Å². The van der Waals surface area contributed by atoms with E-state index >= 15 is 0 Å². The van der Waals surface area contributed by atoms with Crippen LogP contribution in [0, 0.1) is 5.41 Å². The molecule has 1 saturated carbocycles. The second-order valence-electron chi connectivity index (χ2n) is 6.71. The zero-order valence-corrected chi connectivity index (χ0v) is 11.8. The molecule has 1 aliphatic carbocycles. The first-order chi connectivity index (χ1) is 8.45. The van der Waals surface area contributed by atoms with Crippen LogP contribution in [0.25, 0.3) is 0 Å². The first-order valence-corrected chi connectivity index (χ1v) is 6.86. The average Bonchev–Trinajstić information content (AvgIpc) is 3.09. The van der Waals surface area contributed by atoms with E-state index in [1.54, 1.807) is 0 Å². The maximum atomic E-state index is 9.24. The van der Waals surface area contributed by atoms with Gasteiger partial charge < -0.3 is 10.4 Å². The summed E-state index contributed by atoms with van der Waals surface area (Å²) >= 11 is 0. The molecule has 100 valence electrons. The quantitative estimate of drug-likeness (QED) is 0.838. The Morgan fingerprint density at radius 1 is 1.17 bits per heavy atom. The van der Waals surface area contributed by atoms with E-state index < -0.39 is 0 Å².